The summed E-state index contributed by atoms with van der Waals surface area (Å²) in [6, 6.07) is 6.43. The fourth-order valence-electron chi connectivity index (χ4n) is 4.44. The Kier molecular flexibility index (Phi) is 6.90. The molecule has 174 valence electrons. The zero-order valence-electron chi connectivity index (χ0n) is 16.8. The first-order chi connectivity index (χ1) is 14.4. The molecule has 4 nitrogen and oxygen atoms in total. The van der Waals surface area contributed by atoms with Crippen LogP contribution in [-0.4, -0.2) is 52.5 Å². The molecule has 2 aliphatic rings. The molecule has 0 bridgehead atoms. The number of amides is 1. The molecule has 1 heterocycles. The number of hydrogen-bond donors (Lipinski definition) is 2. The predicted molar refractivity (Wildman–Crippen MR) is 101 cm³/mol. The van der Waals surface area contributed by atoms with Crippen molar-refractivity contribution in [3.05, 3.63) is 35.9 Å². The van der Waals surface area contributed by atoms with Crippen LogP contribution in [0.2, 0.25) is 0 Å². The number of nitrogens with one attached hydrogen (secondary N) is 1. The quantitative estimate of drug-likeness (QED) is 0.674. The second kappa shape index (κ2) is 8.97. The summed E-state index contributed by atoms with van der Waals surface area (Å²) in [5, 5.41) is 12.3. The highest BCUT2D eigenvalue weighted by atomic mass is 19.4. The summed E-state index contributed by atoms with van der Waals surface area (Å²) >= 11 is 0. The lowest BCUT2D eigenvalue weighted by molar-refractivity contribution is -0.270. The van der Waals surface area contributed by atoms with E-state index in [-0.39, 0.29) is 38.8 Å². The van der Waals surface area contributed by atoms with Crippen molar-refractivity contribution in [1.29, 1.82) is 0 Å². The van der Waals surface area contributed by atoms with Crippen molar-refractivity contribution < 1.29 is 36.2 Å². The lowest BCUT2D eigenvalue weighted by atomic mass is 9.81. The van der Waals surface area contributed by atoms with Gasteiger partial charge in [0.2, 0.25) is 5.91 Å². The average molecular weight is 452 g/mol. The van der Waals surface area contributed by atoms with E-state index in [4.69, 9.17) is 0 Å². The van der Waals surface area contributed by atoms with Crippen molar-refractivity contribution in [2.45, 2.75) is 75.1 Å². The number of benzene rings is 1. The number of hydrogen-bond acceptors (Lipinski definition) is 3. The minimum absolute atomic E-state index is 0.0721. The fourth-order valence-corrected chi connectivity index (χ4v) is 4.44. The van der Waals surface area contributed by atoms with Crippen LogP contribution in [0.5, 0.6) is 0 Å². The number of piperidine rings is 1. The van der Waals surface area contributed by atoms with Crippen LogP contribution in [0.4, 0.5) is 26.3 Å². The maximum absolute atomic E-state index is 13.7. The van der Waals surface area contributed by atoms with Crippen LogP contribution in [0.1, 0.15) is 44.1 Å². The highest BCUT2D eigenvalue weighted by Crippen LogP contribution is 2.41. The van der Waals surface area contributed by atoms with Gasteiger partial charge >= 0.3 is 12.4 Å². The van der Waals surface area contributed by atoms with Crippen molar-refractivity contribution in [2.75, 3.05) is 6.54 Å². The Hall–Kier alpha value is -1.81. The van der Waals surface area contributed by atoms with E-state index in [1.54, 1.807) is 30.3 Å². The Morgan fingerprint density at radius 1 is 1.06 bits per heavy atom. The number of likely N-dealkylation sites (tertiary alicyclic amines) is 1. The summed E-state index contributed by atoms with van der Waals surface area (Å²) < 4.78 is 79.8. The van der Waals surface area contributed by atoms with Gasteiger partial charge in [-0.15, -0.1) is 0 Å². The number of rotatable bonds is 4. The van der Waals surface area contributed by atoms with Crippen LogP contribution in [0.15, 0.2) is 30.3 Å². The third-order valence-electron chi connectivity index (χ3n) is 6.38. The molecule has 2 N–H and O–H groups in total. The predicted octanol–water partition coefficient (Wildman–Crippen LogP) is 4.18. The molecule has 1 saturated heterocycles. The molecule has 0 aromatic heterocycles. The van der Waals surface area contributed by atoms with Crippen molar-refractivity contribution in [1.82, 2.24) is 10.2 Å². The van der Waals surface area contributed by atoms with E-state index >= 15 is 0 Å². The van der Waals surface area contributed by atoms with E-state index in [9.17, 15) is 36.2 Å². The molecule has 2 atom stereocenters. The third-order valence-corrected chi connectivity index (χ3v) is 6.38. The second-order valence-corrected chi connectivity index (χ2v) is 8.55. The molecular weight excluding hydrogens is 426 g/mol. The number of alkyl halides is 6. The summed E-state index contributed by atoms with van der Waals surface area (Å²) in [5.41, 5.74) is -2.02. The van der Waals surface area contributed by atoms with Crippen molar-refractivity contribution in [3.63, 3.8) is 0 Å². The first-order valence-corrected chi connectivity index (χ1v) is 10.3. The van der Waals surface area contributed by atoms with Gasteiger partial charge in [-0.05, 0) is 50.6 Å². The van der Waals surface area contributed by atoms with Crippen LogP contribution >= 0.6 is 0 Å². The molecule has 0 spiro atoms. The standard InChI is InChI=1S/C21H26F6N2O2/c22-20(23,24)17-12-15(8-11-29(17)13-14-4-2-1-3-5-14)18(30)28-16-6-9-19(31,10-7-16)21(25,26)27/h1-5,15-17,31H,6-13H2,(H,28,30)/t15-,16-,17+,19-/m0/s1. The van der Waals surface area contributed by atoms with E-state index < -0.39 is 54.7 Å². The minimum atomic E-state index is -4.74. The molecule has 31 heavy (non-hydrogen) atoms. The van der Waals surface area contributed by atoms with Crippen LogP contribution in [0, 0.1) is 5.92 Å². The molecule has 1 aromatic carbocycles. The Labute approximate surface area is 176 Å². The molecule has 3 rings (SSSR count). The van der Waals surface area contributed by atoms with E-state index in [1.165, 1.54) is 4.90 Å². The summed E-state index contributed by atoms with van der Waals surface area (Å²) in [6.45, 7) is 0.216. The van der Waals surface area contributed by atoms with Gasteiger partial charge in [0.15, 0.2) is 5.60 Å². The highest BCUT2D eigenvalue weighted by molar-refractivity contribution is 5.79. The normalized spacial score (nSPS) is 30.7. The van der Waals surface area contributed by atoms with E-state index in [1.807, 2.05) is 0 Å². The SMILES string of the molecule is O=C(N[C@H]1CC[C@@](O)(C(F)(F)F)CC1)[C@H]1CCN(Cc2ccccc2)[C@@H](C(F)(F)F)C1. The fraction of sp³-hybridized carbons (Fsp3) is 0.667. The van der Waals surface area contributed by atoms with Crippen molar-refractivity contribution >= 4 is 5.91 Å². The molecule has 0 radical (unpaired) electrons. The van der Waals surface area contributed by atoms with Gasteiger partial charge in [-0.1, -0.05) is 30.3 Å². The van der Waals surface area contributed by atoms with Gasteiger partial charge in [0.25, 0.3) is 0 Å². The van der Waals surface area contributed by atoms with Gasteiger partial charge in [0, 0.05) is 18.5 Å². The molecule has 1 aromatic rings. The van der Waals surface area contributed by atoms with Gasteiger partial charge < -0.3 is 10.4 Å². The lowest BCUT2D eigenvalue weighted by Crippen LogP contribution is -2.54. The van der Waals surface area contributed by atoms with Crippen LogP contribution < -0.4 is 5.32 Å². The lowest BCUT2D eigenvalue weighted by Gasteiger charge is -2.41. The number of halogens is 6. The van der Waals surface area contributed by atoms with Gasteiger partial charge in [0.05, 0.1) is 0 Å². The monoisotopic (exact) mass is 452 g/mol. The number of carbonyl (C=O) groups is 1. The molecular formula is C21H26F6N2O2. The number of nitrogens with zero attached hydrogens (tertiary/aromatic N) is 1. The minimum Gasteiger partial charge on any atom is -0.380 e. The van der Waals surface area contributed by atoms with Crippen LogP contribution in [-0.2, 0) is 11.3 Å². The molecule has 2 fully saturated rings. The van der Waals surface area contributed by atoms with Gasteiger partial charge in [-0.2, -0.15) is 26.3 Å². The van der Waals surface area contributed by atoms with Gasteiger partial charge in [-0.3, -0.25) is 9.69 Å². The molecule has 0 unspecified atom stereocenters. The first-order valence-electron chi connectivity index (χ1n) is 10.3. The van der Waals surface area contributed by atoms with Crippen molar-refractivity contribution in [3.8, 4) is 0 Å². The Bertz CT molecular complexity index is 744. The smallest absolute Gasteiger partial charge is 0.380 e. The maximum atomic E-state index is 13.7. The molecule has 10 heteroatoms. The Morgan fingerprint density at radius 3 is 2.23 bits per heavy atom. The Balaban J connectivity index is 1.58. The van der Waals surface area contributed by atoms with Crippen molar-refractivity contribution in [2.24, 2.45) is 5.92 Å². The van der Waals surface area contributed by atoms with E-state index in [2.05, 4.69) is 5.32 Å². The highest BCUT2D eigenvalue weighted by Gasteiger charge is 2.55. The molecule has 1 saturated carbocycles. The summed E-state index contributed by atoms with van der Waals surface area (Å²) in [7, 11) is 0. The zero-order valence-corrected chi connectivity index (χ0v) is 16.8. The Morgan fingerprint density at radius 2 is 1.68 bits per heavy atom. The van der Waals surface area contributed by atoms with Crippen LogP contribution in [0.25, 0.3) is 0 Å². The maximum Gasteiger partial charge on any atom is 0.417 e. The third kappa shape index (κ3) is 5.71. The zero-order chi connectivity index (χ0) is 22.9. The van der Waals surface area contributed by atoms with Crippen LogP contribution in [0.3, 0.4) is 0 Å². The van der Waals surface area contributed by atoms with Gasteiger partial charge in [0.1, 0.15) is 6.04 Å². The summed E-state index contributed by atoms with van der Waals surface area (Å²) in [5.74, 6) is -1.42. The molecule has 1 aliphatic heterocycles. The summed E-state index contributed by atoms with van der Waals surface area (Å²) in [6.07, 6.45) is -10.6. The summed E-state index contributed by atoms with van der Waals surface area (Å²) in [4.78, 5) is 13.9. The van der Waals surface area contributed by atoms with E-state index in [0.29, 0.717) is 0 Å². The largest absolute Gasteiger partial charge is 0.417 e. The molecule has 1 aliphatic carbocycles. The average Bonchev–Trinajstić information content (AvgIpc) is 2.69. The second-order valence-electron chi connectivity index (χ2n) is 8.55. The molecule has 1 amide bonds. The topological polar surface area (TPSA) is 52.6 Å². The number of aliphatic hydroxyl groups is 1. The first kappa shape index (κ1) is 23.8. The number of carbonyl (C=O) groups excluding carboxylic acids is 1. The van der Waals surface area contributed by atoms with E-state index in [0.717, 1.165) is 5.56 Å². The van der Waals surface area contributed by atoms with Gasteiger partial charge in [-0.25, -0.2) is 0 Å².